The molecular formula is C19H24FN3O3. The van der Waals surface area contributed by atoms with E-state index in [1.807, 2.05) is 0 Å². The molecule has 0 aliphatic carbocycles. The van der Waals surface area contributed by atoms with Crippen LogP contribution in [-0.4, -0.2) is 53.6 Å². The number of piperidine rings is 1. The van der Waals surface area contributed by atoms with Gasteiger partial charge in [0.1, 0.15) is 5.82 Å². The van der Waals surface area contributed by atoms with Gasteiger partial charge in [-0.3, -0.25) is 4.90 Å². The molecule has 2 saturated heterocycles. The van der Waals surface area contributed by atoms with Gasteiger partial charge >= 0.3 is 0 Å². The Morgan fingerprint density at radius 2 is 2.04 bits per heavy atom. The van der Waals surface area contributed by atoms with Crippen molar-refractivity contribution in [2.45, 2.75) is 44.4 Å². The predicted octanol–water partition coefficient (Wildman–Crippen LogP) is 3.04. The molecule has 0 saturated carbocycles. The van der Waals surface area contributed by atoms with Gasteiger partial charge < -0.3 is 14.0 Å². The summed E-state index contributed by atoms with van der Waals surface area (Å²) >= 11 is 0. The van der Waals surface area contributed by atoms with E-state index in [-0.39, 0.29) is 11.9 Å². The zero-order valence-corrected chi connectivity index (χ0v) is 14.8. The van der Waals surface area contributed by atoms with E-state index in [2.05, 4.69) is 15.0 Å². The normalized spacial score (nSPS) is 22.1. The monoisotopic (exact) mass is 361 g/mol. The molecule has 0 amide bonds. The van der Waals surface area contributed by atoms with Gasteiger partial charge in [-0.2, -0.15) is 4.98 Å². The van der Waals surface area contributed by atoms with Crippen molar-refractivity contribution in [1.29, 1.82) is 0 Å². The SMILES string of the molecule is Fc1ccccc1-c1noc(CN2CCC(OCC3CCCO3)CC2)n1. The molecule has 2 aliphatic heterocycles. The lowest BCUT2D eigenvalue weighted by Crippen LogP contribution is -2.37. The van der Waals surface area contributed by atoms with Gasteiger partial charge in [-0.25, -0.2) is 4.39 Å². The minimum absolute atomic E-state index is 0.281. The third-order valence-corrected chi connectivity index (χ3v) is 5.02. The minimum Gasteiger partial charge on any atom is -0.376 e. The van der Waals surface area contributed by atoms with Crippen LogP contribution in [0.5, 0.6) is 0 Å². The quantitative estimate of drug-likeness (QED) is 0.788. The molecule has 2 aliphatic rings. The molecule has 7 heteroatoms. The molecule has 4 rings (SSSR count). The van der Waals surface area contributed by atoms with Crippen molar-refractivity contribution in [3.8, 4) is 11.4 Å². The lowest BCUT2D eigenvalue weighted by atomic mass is 10.1. The van der Waals surface area contributed by atoms with Crippen molar-refractivity contribution in [1.82, 2.24) is 15.0 Å². The standard InChI is InChI=1S/C19H24FN3O3/c20-17-6-2-1-5-16(17)19-21-18(26-22-19)12-23-9-7-14(8-10-23)25-13-15-4-3-11-24-15/h1-2,5-6,14-15H,3-4,7-13H2. The second kappa shape index (κ2) is 8.24. The molecule has 0 N–H and O–H groups in total. The van der Waals surface area contributed by atoms with Gasteiger partial charge in [0.05, 0.1) is 30.9 Å². The molecule has 1 unspecified atom stereocenters. The Morgan fingerprint density at radius 3 is 2.81 bits per heavy atom. The number of nitrogens with zero attached hydrogens (tertiary/aromatic N) is 3. The van der Waals surface area contributed by atoms with E-state index in [9.17, 15) is 4.39 Å². The van der Waals surface area contributed by atoms with Gasteiger partial charge in [0.25, 0.3) is 0 Å². The van der Waals surface area contributed by atoms with Gasteiger partial charge in [0.15, 0.2) is 0 Å². The van der Waals surface area contributed by atoms with Crippen LogP contribution in [0.15, 0.2) is 28.8 Å². The van der Waals surface area contributed by atoms with Crippen LogP contribution in [0.2, 0.25) is 0 Å². The smallest absolute Gasteiger partial charge is 0.241 e. The first-order valence-corrected chi connectivity index (χ1v) is 9.31. The number of ether oxygens (including phenoxy) is 2. The highest BCUT2D eigenvalue weighted by Gasteiger charge is 2.24. The fourth-order valence-corrected chi connectivity index (χ4v) is 3.52. The summed E-state index contributed by atoms with van der Waals surface area (Å²) in [5, 5.41) is 3.91. The van der Waals surface area contributed by atoms with Crippen LogP contribution >= 0.6 is 0 Å². The van der Waals surface area contributed by atoms with Crippen molar-refractivity contribution >= 4 is 0 Å². The Morgan fingerprint density at radius 1 is 1.19 bits per heavy atom. The molecule has 2 aromatic rings. The fourth-order valence-electron chi connectivity index (χ4n) is 3.52. The molecule has 2 fully saturated rings. The van der Waals surface area contributed by atoms with E-state index in [1.165, 1.54) is 6.07 Å². The van der Waals surface area contributed by atoms with Crippen molar-refractivity contribution < 1.29 is 18.4 Å². The number of benzene rings is 1. The highest BCUT2D eigenvalue weighted by atomic mass is 19.1. The zero-order valence-electron chi connectivity index (χ0n) is 14.8. The maximum Gasteiger partial charge on any atom is 0.241 e. The number of likely N-dealkylation sites (tertiary alicyclic amines) is 1. The van der Waals surface area contributed by atoms with E-state index in [0.29, 0.717) is 36.5 Å². The first-order valence-electron chi connectivity index (χ1n) is 9.31. The van der Waals surface area contributed by atoms with Crippen LogP contribution in [0.25, 0.3) is 11.4 Å². The van der Waals surface area contributed by atoms with Gasteiger partial charge in [-0.05, 0) is 37.8 Å². The average molecular weight is 361 g/mol. The van der Waals surface area contributed by atoms with Crippen LogP contribution in [-0.2, 0) is 16.0 Å². The van der Waals surface area contributed by atoms with Gasteiger partial charge in [-0.15, -0.1) is 0 Å². The highest BCUT2D eigenvalue weighted by Crippen LogP contribution is 2.21. The average Bonchev–Trinajstić information content (AvgIpc) is 3.34. The first-order chi connectivity index (χ1) is 12.8. The second-order valence-corrected chi connectivity index (χ2v) is 6.94. The summed E-state index contributed by atoms with van der Waals surface area (Å²) in [6.45, 7) is 4.01. The van der Waals surface area contributed by atoms with Crippen LogP contribution in [0.4, 0.5) is 4.39 Å². The Bertz CT molecular complexity index is 710. The number of rotatable bonds is 6. The summed E-state index contributed by atoms with van der Waals surface area (Å²) in [4.78, 5) is 6.60. The van der Waals surface area contributed by atoms with E-state index in [0.717, 1.165) is 45.4 Å². The van der Waals surface area contributed by atoms with Crippen LogP contribution in [0.3, 0.4) is 0 Å². The van der Waals surface area contributed by atoms with Gasteiger partial charge in [-0.1, -0.05) is 17.3 Å². The summed E-state index contributed by atoms with van der Waals surface area (Å²) < 4.78 is 30.7. The number of hydrogen-bond acceptors (Lipinski definition) is 6. The maximum absolute atomic E-state index is 13.8. The molecule has 3 heterocycles. The largest absolute Gasteiger partial charge is 0.376 e. The molecule has 1 atom stereocenters. The lowest BCUT2D eigenvalue weighted by Gasteiger charge is -2.31. The Hall–Kier alpha value is -1.83. The van der Waals surface area contributed by atoms with E-state index in [1.54, 1.807) is 18.2 Å². The molecule has 0 spiro atoms. The fraction of sp³-hybridized carbons (Fsp3) is 0.579. The number of hydrogen-bond donors (Lipinski definition) is 0. The molecule has 0 radical (unpaired) electrons. The topological polar surface area (TPSA) is 60.6 Å². The van der Waals surface area contributed by atoms with Crippen molar-refractivity contribution in [2.75, 3.05) is 26.3 Å². The van der Waals surface area contributed by atoms with Crippen LogP contribution < -0.4 is 0 Å². The molecule has 1 aromatic heterocycles. The summed E-state index contributed by atoms with van der Waals surface area (Å²) in [6, 6.07) is 6.45. The summed E-state index contributed by atoms with van der Waals surface area (Å²) in [7, 11) is 0. The van der Waals surface area contributed by atoms with E-state index < -0.39 is 0 Å². The minimum atomic E-state index is -0.343. The molecule has 6 nitrogen and oxygen atoms in total. The van der Waals surface area contributed by atoms with Crippen LogP contribution in [0, 0.1) is 5.82 Å². The maximum atomic E-state index is 13.8. The lowest BCUT2D eigenvalue weighted by molar-refractivity contribution is -0.0433. The van der Waals surface area contributed by atoms with Gasteiger partial charge in [0.2, 0.25) is 11.7 Å². The Balaban J connectivity index is 1.25. The highest BCUT2D eigenvalue weighted by molar-refractivity contribution is 5.54. The molecule has 140 valence electrons. The summed E-state index contributed by atoms with van der Waals surface area (Å²) in [5.74, 6) is 0.471. The first kappa shape index (κ1) is 17.6. The Labute approximate surface area is 152 Å². The van der Waals surface area contributed by atoms with E-state index >= 15 is 0 Å². The Kier molecular flexibility index (Phi) is 5.57. The number of halogens is 1. The molecular weight excluding hydrogens is 337 g/mol. The van der Waals surface area contributed by atoms with Crippen LogP contribution in [0.1, 0.15) is 31.6 Å². The second-order valence-electron chi connectivity index (χ2n) is 6.94. The van der Waals surface area contributed by atoms with Crippen molar-refractivity contribution in [3.63, 3.8) is 0 Å². The summed E-state index contributed by atoms with van der Waals surface area (Å²) in [6.07, 6.45) is 4.81. The number of aromatic nitrogens is 2. The van der Waals surface area contributed by atoms with Crippen molar-refractivity contribution in [3.05, 3.63) is 36.0 Å². The third kappa shape index (κ3) is 4.28. The molecule has 26 heavy (non-hydrogen) atoms. The summed E-state index contributed by atoms with van der Waals surface area (Å²) in [5.41, 5.74) is 0.365. The van der Waals surface area contributed by atoms with Crippen molar-refractivity contribution in [2.24, 2.45) is 0 Å². The van der Waals surface area contributed by atoms with Gasteiger partial charge in [0, 0.05) is 19.7 Å². The zero-order chi connectivity index (χ0) is 17.8. The predicted molar refractivity (Wildman–Crippen MR) is 92.9 cm³/mol. The molecule has 1 aromatic carbocycles. The van der Waals surface area contributed by atoms with E-state index in [4.69, 9.17) is 14.0 Å². The third-order valence-electron chi connectivity index (χ3n) is 5.02. The molecule has 0 bridgehead atoms.